The third-order valence-electron chi connectivity index (χ3n) is 11.4. The zero-order valence-electron chi connectivity index (χ0n) is 29.1. The molecule has 2 heterocycles. The fourth-order valence-corrected chi connectivity index (χ4v) is 11.4. The van der Waals surface area contributed by atoms with Gasteiger partial charge in [-0.3, -0.25) is 0 Å². The first kappa shape index (κ1) is 30.2. The average Bonchev–Trinajstić information content (AvgIpc) is 3.79. The van der Waals surface area contributed by atoms with Crippen molar-refractivity contribution in [2.75, 3.05) is 0 Å². The Morgan fingerprint density at radius 2 is 0.833 bits per heavy atom. The summed E-state index contributed by atoms with van der Waals surface area (Å²) < 4.78 is 5.37. The standard InChI is InChI=1S/C52H30S2/c1-2-12-31(13-3-1)34-25-26-42(36-15-5-4-14-35(34)36)51-40-19-8-6-17-38(40)50(39-18-7-9-20-41(39)51)33-22-24-43-48(29-33)54-47-27-23-32-28-45-37-16-10-11-21-46(37)53-49(45)30-44(32)52(43)47/h1-30H. The molecule has 10 aromatic carbocycles. The fraction of sp³-hybridized carbons (Fsp3) is 0. The molecule has 0 unspecified atom stereocenters. The summed E-state index contributed by atoms with van der Waals surface area (Å²) in [7, 11) is 0. The molecule has 0 N–H and O–H groups in total. The second kappa shape index (κ2) is 11.6. The van der Waals surface area contributed by atoms with E-state index >= 15 is 0 Å². The van der Waals surface area contributed by atoms with E-state index in [4.69, 9.17) is 0 Å². The Bertz CT molecular complexity index is 3430. The molecule has 12 rings (SSSR count). The highest BCUT2D eigenvalue weighted by atomic mass is 32.1. The van der Waals surface area contributed by atoms with Gasteiger partial charge in [0.2, 0.25) is 0 Å². The minimum atomic E-state index is 1.24. The van der Waals surface area contributed by atoms with Crippen molar-refractivity contribution in [1.29, 1.82) is 0 Å². The van der Waals surface area contributed by atoms with Gasteiger partial charge in [0.05, 0.1) is 0 Å². The Morgan fingerprint density at radius 1 is 0.259 bits per heavy atom. The number of fused-ring (bicyclic) bond motifs is 11. The largest absolute Gasteiger partial charge is 0.135 e. The van der Waals surface area contributed by atoms with E-state index in [9.17, 15) is 0 Å². The molecule has 54 heavy (non-hydrogen) atoms. The van der Waals surface area contributed by atoms with Crippen molar-refractivity contribution in [1.82, 2.24) is 0 Å². The second-order valence-electron chi connectivity index (χ2n) is 14.3. The van der Waals surface area contributed by atoms with Crippen LogP contribution >= 0.6 is 22.7 Å². The summed E-state index contributed by atoms with van der Waals surface area (Å²) in [6.07, 6.45) is 0. The first-order valence-corrected chi connectivity index (χ1v) is 20.1. The maximum atomic E-state index is 2.45. The van der Waals surface area contributed by atoms with E-state index in [0.29, 0.717) is 0 Å². The van der Waals surface area contributed by atoms with E-state index in [1.807, 2.05) is 22.7 Å². The normalized spacial score (nSPS) is 12.1. The lowest BCUT2D eigenvalue weighted by Crippen LogP contribution is -1.92. The fourth-order valence-electron chi connectivity index (χ4n) is 9.09. The molecule has 12 aromatic rings. The van der Waals surface area contributed by atoms with Crippen molar-refractivity contribution in [3.63, 3.8) is 0 Å². The first-order valence-electron chi connectivity index (χ1n) is 18.5. The molecule has 0 fully saturated rings. The topological polar surface area (TPSA) is 0 Å². The van der Waals surface area contributed by atoms with Crippen LogP contribution in [0.25, 0.3) is 117 Å². The molecular weight excluding hydrogens is 689 g/mol. The van der Waals surface area contributed by atoms with Gasteiger partial charge in [0, 0.05) is 40.3 Å². The number of rotatable bonds is 3. The lowest BCUT2D eigenvalue weighted by molar-refractivity contribution is 1.64. The number of hydrogen-bond acceptors (Lipinski definition) is 2. The van der Waals surface area contributed by atoms with Crippen molar-refractivity contribution >= 4 is 106 Å². The van der Waals surface area contributed by atoms with Crippen LogP contribution in [0.5, 0.6) is 0 Å². The Hall–Kier alpha value is -6.32. The lowest BCUT2D eigenvalue weighted by Gasteiger charge is -2.19. The predicted octanol–water partition coefficient (Wildman–Crippen LogP) is 16.0. The van der Waals surface area contributed by atoms with E-state index in [1.54, 1.807) is 0 Å². The molecule has 0 nitrogen and oxygen atoms in total. The number of hydrogen-bond donors (Lipinski definition) is 0. The van der Waals surface area contributed by atoms with Crippen molar-refractivity contribution < 1.29 is 0 Å². The highest BCUT2D eigenvalue weighted by Crippen LogP contribution is 2.48. The van der Waals surface area contributed by atoms with Crippen LogP contribution in [0.15, 0.2) is 182 Å². The molecule has 0 spiro atoms. The maximum absolute atomic E-state index is 2.45. The molecule has 0 saturated carbocycles. The van der Waals surface area contributed by atoms with Gasteiger partial charge in [-0.2, -0.15) is 0 Å². The summed E-state index contributed by atoms with van der Waals surface area (Å²) in [5.74, 6) is 0. The molecule has 0 radical (unpaired) electrons. The zero-order valence-corrected chi connectivity index (χ0v) is 30.8. The van der Waals surface area contributed by atoms with Crippen molar-refractivity contribution in [2.45, 2.75) is 0 Å². The van der Waals surface area contributed by atoms with Crippen LogP contribution in [0.2, 0.25) is 0 Å². The minimum absolute atomic E-state index is 1.24. The van der Waals surface area contributed by atoms with Gasteiger partial charge in [-0.15, -0.1) is 22.7 Å². The zero-order chi connectivity index (χ0) is 35.3. The Balaban J connectivity index is 1.10. The molecule has 0 aliphatic rings. The lowest BCUT2D eigenvalue weighted by atomic mass is 9.83. The summed E-state index contributed by atoms with van der Waals surface area (Å²) >= 11 is 3.81. The predicted molar refractivity (Wildman–Crippen MR) is 239 cm³/mol. The van der Waals surface area contributed by atoms with Gasteiger partial charge < -0.3 is 0 Å². The second-order valence-corrected chi connectivity index (χ2v) is 16.5. The van der Waals surface area contributed by atoms with Crippen LogP contribution in [0.1, 0.15) is 0 Å². The van der Waals surface area contributed by atoms with Gasteiger partial charge in [-0.1, -0.05) is 152 Å². The molecule has 0 bridgehead atoms. The summed E-state index contributed by atoms with van der Waals surface area (Å²) in [6.45, 7) is 0. The highest BCUT2D eigenvalue weighted by molar-refractivity contribution is 7.26. The molecule has 0 atom stereocenters. The Morgan fingerprint density at radius 3 is 1.57 bits per heavy atom. The SMILES string of the molecule is c1ccc(-c2ccc(-c3c4ccccc4c(-c4ccc5c(c4)sc4ccc6cc7c(cc6c45)sc4ccccc47)c4ccccc34)c3ccccc23)cc1. The van der Waals surface area contributed by atoms with Crippen molar-refractivity contribution in [3.05, 3.63) is 182 Å². The van der Waals surface area contributed by atoms with Crippen LogP contribution in [0.3, 0.4) is 0 Å². The van der Waals surface area contributed by atoms with Crippen molar-refractivity contribution in [2.24, 2.45) is 0 Å². The van der Waals surface area contributed by atoms with E-state index in [-0.39, 0.29) is 0 Å². The number of benzene rings is 10. The van der Waals surface area contributed by atoms with Gasteiger partial charge >= 0.3 is 0 Å². The van der Waals surface area contributed by atoms with Crippen LogP contribution in [-0.2, 0) is 0 Å². The Labute approximate surface area is 319 Å². The summed E-state index contributed by atoms with van der Waals surface area (Å²) in [5, 5.41) is 15.7. The monoisotopic (exact) mass is 718 g/mol. The maximum Gasteiger partial charge on any atom is 0.0362 e. The van der Waals surface area contributed by atoms with Crippen LogP contribution in [0, 0.1) is 0 Å². The quantitative estimate of drug-likeness (QED) is 0.160. The summed E-state index contributed by atoms with van der Waals surface area (Å²) in [4.78, 5) is 0. The van der Waals surface area contributed by atoms with E-state index in [2.05, 4.69) is 182 Å². The molecule has 0 saturated heterocycles. The van der Waals surface area contributed by atoms with Crippen LogP contribution in [0.4, 0.5) is 0 Å². The first-order chi connectivity index (χ1) is 26.8. The molecule has 2 heteroatoms. The van der Waals surface area contributed by atoms with Gasteiger partial charge in [-0.05, 0) is 107 Å². The third-order valence-corrected chi connectivity index (χ3v) is 13.7. The van der Waals surface area contributed by atoms with Gasteiger partial charge in [0.1, 0.15) is 0 Å². The van der Waals surface area contributed by atoms with Crippen molar-refractivity contribution in [3.8, 4) is 33.4 Å². The smallest absolute Gasteiger partial charge is 0.0362 e. The highest BCUT2D eigenvalue weighted by Gasteiger charge is 2.20. The van der Waals surface area contributed by atoms with Crippen LogP contribution < -0.4 is 0 Å². The average molecular weight is 719 g/mol. The van der Waals surface area contributed by atoms with Crippen LogP contribution in [-0.4, -0.2) is 0 Å². The third kappa shape index (κ3) is 4.36. The summed E-state index contributed by atoms with van der Waals surface area (Å²) in [5.41, 5.74) is 7.62. The molecule has 0 aliphatic carbocycles. The van der Waals surface area contributed by atoms with E-state index in [1.165, 1.54) is 117 Å². The molecular formula is C52H30S2. The van der Waals surface area contributed by atoms with Gasteiger partial charge in [0.25, 0.3) is 0 Å². The summed E-state index contributed by atoms with van der Waals surface area (Å²) in [6, 6.07) is 67.8. The molecule has 2 aromatic heterocycles. The van der Waals surface area contributed by atoms with Gasteiger partial charge in [0.15, 0.2) is 0 Å². The van der Waals surface area contributed by atoms with E-state index < -0.39 is 0 Å². The Kier molecular flexibility index (Phi) is 6.48. The molecule has 0 amide bonds. The van der Waals surface area contributed by atoms with Gasteiger partial charge in [-0.25, -0.2) is 0 Å². The minimum Gasteiger partial charge on any atom is -0.135 e. The molecule has 250 valence electrons. The molecule has 0 aliphatic heterocycles. The number of thiophene rings is 2. The van der Waals surface area contributed by atoms with E-state index in [0.717, 1.165) is 0 Å².